The normalized spacial score (nSPS) is 11.7. The molecule has 0 amide bonds. The highest BCUT2D eigenvalue weighted by atomic mass is 32.1. The van der Waals surface area contributed by atoms with E-state index in [9.17, 15) is 4.79 Å². The molecule has 0 atom stereocenters. The lowest BCUT2D eigenvalue weighted by Crippen LogP contribution is -2.21. The molecule has 0 fully saturated rings. The summed E-state index contributed by atoms with van der Waals surface area (Å²) in [4.78, 5) is 16.0. The molecule has 0 N–H and O–H groups in total. The molecule has 0 saturated heterocycles. The van der Waals surface area contributed by atoms with Crippen LogP contribution in [0.3, 0.4) is 0 Å². The summed E-state index contributed by atoms with van der Waals surface area (Å²) in [6.45, 7) is 8.05. The van der Waals surface area contributed by atoms with E-state index in [0.29, 0.717) is 11.5 Å². The first kappa shape index (κ1) is 11.3. The van der Waals surface area contributed by atoms with Crippen molar-refractivity contribution < 1.29 is 9.53 Å². The lowest BCUT2D eigenvalue weighted by Gasteiger charge is -2.21. The molecular weight excluding hydrogens is 198 g/mol. The Kier molecular flexibility index (Phi) is 3.39. The Balaban J connectivity index is 2.90. The van der Waals surface area contributed by atoms with E-state index in [1.807, 2.05) is 20.8 Å². The molecule has 0 spiro atoms. The summed E-state index contributed by atoms with van der Waals surface area (Å²) >= 11 is 1.40. The van der Waals surface area contributed by atoms with Gasteiger partial charge < -0.3 is 4.74 Å². The van der Waals surface area contributed by atoms with Crippen LogP contribution in [0.25, 0.3) is 0 Å². The molecule has 1 aromatic rings. The van der Waals surface area contributed by atoms with Crippen LogP contribution in [0.1, 0.15) is 42.4 Å². The zero-order valence-corrected chi connectivity index (χ0v) is 9.77. The van der Waals surface area contributed by atoms with Crippen molar-refractivity contribution in [1.82, 2.24) is 4.98 Å². The second-order valence-corrected chi connectivity index (χ2v) is 4.56. The van der Waals surface area contributed by atoms with Gasteiger partial charge in [0.2, 0.25) is 0 Å². The number of hydrogen-bond acceptors (Lipinski definition) is 4. The summed E-state index contributed by atoms with van der Waals surface area (Å²) in [5, 5.41) is 0.851. The van der Waals surface area contributed by atoms with E-state index < -0.39 is 5.60 Å². The van der Waals surface area contributed by atoms with E-state index in [2.05, 4.69) is 4.98 Å². The third-order valence-corrected chi connectivity index (χ3v) is 3.28. The van der Waals surface area contributed by atoms with Crippen molar-refractivity contribution >= 4 is 17.1 Å². The summed E-state index contributed by atoms with van der Waals surface area (Å²) in [5.41, 5.74) is -0.396. The standard InChI is InChI=1S/C10H15NO2S/c1-5-13-10(3,4)9-11-6-8(14-9)7(2)12/h6H,5H2,1-4H3. The molecule has 0 radical (unpaired) electrons. The topological polar surface area (TPSA) is 39.2 Å². The molecule has 0 saturated carbocycles. The minimum absolute atomic E-state index is 0.0565. The largest absolute Gasteiger partial charge is 0.369 e. The molecule has 0 bridgehead atoms. The van der Waals surface area contributed by atoms with Crippen molar-refractivity contribution in [1.29, 1.82) is 0 Å². The molecule has 0 aliphatic carbocycles. The maximum absolute atomic E-state index is 11.1. The van der Waals surface area contributed by atoms with Crippen LogP contribution in [-0.2, 0) is 10.3 Å². The van der Waals surface area contributed by atoms with Gasteiger partial charge in [-0.2, -0.15) is 0 Å². The summed E-state index contributed by atoms with van der Waals surface area (Å²) in [6.07, 6.45) is 1.61. The predicted octanol–water partition coefficient (Wildman–Crippen LogP) is 2.62. The van der Waals surface area contributed by atoms with Gasteiger partial charge in [0.25, 0.3) is 0 Å². The molecule has 0 aliphatic rings. The number of aromatic nitrogens is 1. The number of thiazole rings is 1. The van der Waals surface area contributed by atoms with Gasteiger partial charge in [-0.1, -0.05) is 0 Å². The SMILES string of the molecule is CCOC(C)(C)c1ncc(C(C)=O)s1. The van der Waals surface area contributed by atoms with Crippen LogP contribution in [0.4, 0.5) is 0 Å². The second-order valence-electron chi connectivity index (χ2n) is 3.53. The molecule has 0 aromatic carbocycles. The van der Waals surface area contributed by atoms with E-state index in [1.165, 1.54) is 11.3 Å². The van der Waals surface area contributed by atoms with Crippen molar-refractivity contribution in [2.45, 2.75) is 33.3 Å². The van der Waals surface area contributed by atoms with Gasteiger partial charge in [0, 0.05) is 19.7 Å². The summed E-state index contributed by atoms with van der Waals surface area (Å²) < 4.78 is 5.55. The van der Waals surface area contributed by atoms with Crippen molar-refractivity contribution in [3.05, 3.63) is 16.1 Å². The lowest BCUT2D eigenvalue weighted by molar-refractivity contribution is -0.0141. The monoisotopic (exact) mass is 213 g/mol. The Morgan fingerprint density at radius 3 is 2.71 bits per heavy atom. The Hall–Kier alpha value is -0.740. The summed E-state index contributed by atoms with van der Waals surface area (Å²) in [5.74, 6) is 0.0565. The highest BCUT2D eigenvalue weighted by molar-refractivity contribution is 7.13. The number of nitrogens with zero attached hydrogens (tertiary/aromatic N) is 1. The third-order valence-electron chi connectivity index (χ3n) is 1.87. The molecule has 4 heteroatoms. The summed E-state index contributed by atoms with van der Waals surface area (Å²) in [6, 6.07) is 0. The maximum Gasteiger partial charge on any atom is 0.171 e. The van der Waals surface area contributed by atoms with Crippen LogP contribution in [0.5, 0.6) is 0 Å². The zero-order chi connectivity index (χ0) is 10.8. The average Bonchev–Trinajstić information content (AvgIpc) is 2.51. The van der Waals surface area contributed by atoms with Crippen LogP contribution in [-0.4, -0.2) is 17.4 Å². The summed E-state index contributed by atoms with van der Waals surface area (Å²) in [7, 11) is 0. The Bertz CT molecular complexity index is 331. The average molecular weight is 213 g/mol. The van der Waals surface area contributed by atoms with Crippen LogP contribution in [0, 0.1) is 0 Å². The third kappa shape index (κ3) is 2.39. The molecule has 1 aromatic heterocycles. The number of carbonyl (C=O) groups excluding carboxylic acids is 1. The number of ether oxygens (including phenoxy) is 1. The Morgan fingerprint density at radius 2 is 2.29 bits per heavy atom. The van der Waals surface area contributed by atoms with Crippen molar-refractivity contribution in [2.75, 3.05) is 6.61 Å². The molecule has 14 heavy (non-hydrogen) atoms. The first-order valence-corrected chi connectivity index (χ1v) is 5.40. The zero-order valence-electron chi connectivity index (χ0n) is 8.96. The smallest absolute Gasteiger partial charge is 0.171 e. The predicted molar refractivity (Wildman–Crippen MR) is 56.8 cm³/mol. The van der Waals surface area contributed by atoms with Gasteiger partial charge in [-0.15, -0.1) is 11.3 Å². The van der Waals surface area contributed by atoms with Crippen molar-refractivity contribution in [3.8, 4) is 0 Å². The van der Waals surface area contributed by atoms with Gasteiger partial charge in [0.15, 0.2) is 5.78 Å². The van der Waals surface area contributed by atoms with E-state index >= 15 is 0 Å². The van der Waals surface area contributed by atoms with Crippen molar-refractivity contribution in [3.63, 3.8) is 0 Å². The minimum Gasteiger partial charge on any atom is -0.369 e. The maximum atomic E-state index is 11.1. The number of hydrogen-bond donors (Lipinski definition) is 0. The van der Waals surface area contributed by atoms with Gasteiger partial charge in [-0.3, -0.25) is 4.79 Å². The molecule has 3 nitrogen and oxygen atoms in total. The van der Waals surface area contributed by atoms with Crippen LogP contribution < -0.4 is 0 Å². The quantitative estimate of drug-likeness (QED) is 0.722. The minimum atomic E-state index is -0.396. The van der Waals surface area contributed by atoms with Crippen molar-refractivity contribution in [2.24, 2.45) is 0 Å². The number of ketones is 1. The van der Waals surface area contributed by atoms with Gasteiger partial charge in [-0.25, -0.2) is 4.98 Å². The number of carbonyl (C=O) groups is 1. The molecule has 0 unspecified atom stereocenters. The lowest BCUT2D eigenvalue weighted by atomic mass is 10.1. The number of rotatable bonds is 4. The van der Waals surface area contributed by atoms with Gasteiger partial charge >= 0.3 is 0 Å². The fourth-order valence-corrected chi connectivity index (χ4v) is 2.01. The Morgan fingerprint density at radius 1 is 1.64 bits per heavy atom. The van der Waals surface area contributed by atoms with Crippen LogP contribution >= 0.6 is 11.3 Å². The molecular formula is C10H15NO2S. The van der Waals surface area contributed by atoms with Crippen LogP contribution in [0.2, 0.25) is 0 Å². The van der Waals surface area contributed by atoms with E-state index in [-0.39, 0.29) is 5.78 Å². The molecule has 0 aliphatic heterocycles. The van der Waals surface area contributed by atoms with E-state index in [4.69, 9.17) is 4.74 Å². The van der Waals surface area contributed by atoms with E-state index in [0.717, 1.165) is 5.01 Å². The van der Waals surface area contributed by atoms with Gasteiger partial charge in [0.05, 0.1) is 4.88 Å². The Labute approximate surface area is 88.1 Å². The van der Waals surface area contributed by atoms with Gasteiger partial charge in [-0.05, 0) is 20.8 Å². The first-order valence-electron chi connectivity index (χ1n) is 4.58. The molecule has 1 rings (SSSR count). The molecule has 78 valence electrons. The fourth-order valence-electron chi connectivity index (χ4n) is 1.14. The highest BCUT2D eigenvalue weighted by Crippen LogP contribution is 2.28. The molecule has 1 heterocycles. The number of Topliss-reactive ketones (excluding diaryl/α,β-unsaturated/α-hetero) is 1. The highest BCUT2D eigenvalue weighted by Gasteiger charge is 2.25. The fraction of sp³-hybridized carbons (Fsp3) is 0.600. The van der Waals surface area contributed by atoms with Gasteiger partial charge in [0.1, 0.15) is 10.6 Å². The van der Waals surface area contributed by atoms with E-state index in [1.54, 1.807) is 13.1 Å². The second kappa shape index (κ2) is 4.19. The van der Waals surface area contributed by atoms with Crippen LogP contribution in [0.15, 0.2) is 6.20 Å². The first-order chi connectivity index (χ1) is 6.47.